The first-order chi connectivity index (χ1) is 11.5. The van der Waals surface area contributed by atoms with Crippen molar-refractivity contribution in [1.82, 2.24) is 15.4 Å². The van der Waals surface area contributed by atoms with E-state index in [1.165, 1.54) is 16.7 Å². The van der Waals surface area contributed by atoms with Gasteiger partial charge in [-0.15, -0.1) is 5.10 Å². The van der Waals surface area contributed by atoms with E-state index in [0.29, 0.717) is 5.69 Å². The van der Waals surface area contributed by atoms with Crippen LogP contribution in [0.3, 0.4) is 0 Å². The topological polar surface area (TPSA) is 78.9 Å². The van der Waals surface area contributed by atoms with Crippen molar-refractivity contribution in [2.24, 2.45) is 0 Å². The SMILES string of the molecule is Cc1ccc(-c2ccc(C=Cc3n[nH]nc3C(=O)O)cc2)c(C)c1. The Morgan fingerprint density at radius 2 is 1.79 bits per heavy atom. The zero-order valence-corrected chi connectivity index (χ0v) is 13.4. The number of aryl methyl sites for hydroxylation is 2. The van der Waals surface area contributed by atoms with E-state index in [9.17, 15) is 4.79 Å². The van der Waals surface area contributed by atoms with Gasteiger partial charge >= 0.3 is 5.97 Å². The molecule has 0 fully saturated rings. The first-order valence-corrected chi connectivity index (χ1v) is 7.54. The molecule has 0 aliphatic rings. The monoisotopic (exact) mass is 319 g/mol. The summed E-state index contributed by atoms with van der Waals surface area (Å²) in [4.78, 5) is 11.0. The van der Waals surface area contributed by atoms with Crippen LogP contribution in [-0.2, 0) is 0 Å². The summed E-state index contributed by atoms with van der Waals surface area (Å²) >= 11 is 0. The lowest BCUT2D eigenvalue weighted by atomic mass is 9.98. The highest BCUT2D eigenvalue weighted by molar-refractivity contribution is 5.90. The van der Waals surface area contributed by atoms with Crippen molar-refractivity contribution in [3.05, 3.63) is 70.5 Å². The number of hydrogen-bond acceptors (Lipinski definition) is 3. The van der Waals surface area contributed by atoms with Crippen LogP contribution in [0.4, 0.5) is 0 Å². The molecule has 24 heavy (non-hydrogen) atoms. The first kappa shape index (κ1) is 15.7. The smallest absolute Gasteiger partial charge is 0.358 e. The molecule has 1 heterocycles. The highest BCUT2D eigenvalue weighted by atomic mass is 16.4. The quantitative estimate of drug-likeness (QED) is 0.763. The van der Waals surface area contributed by atoms with Gasteiger partial charge in [0.2, 0.25) is 0 Å². The maximum Gasteiger partial charge on any atom is 0.358 e. The van der Waals surface area contributed by atoms with Crippen LogP contribution in [0.25, 0.3) is 23.3 Å². The molecule has 0 aliphatic heterocycles. The number of nitrogens with zero attached hydrogens (tertiary/aromatic N) is 2. The minimum atomic E-state index is -1.10. The number of rotatable bonds is 4. The molecule has 0 saturated carbocycles. The molecule has 3 aromatic rings. The Balaban J connectivity index is 1.83. The van der Waals surface area contributed by atoms with Gasteiger partial charge in [0, 0.05) is 0 Å². The van der Waals surface area contributed by atoms with Crippen molar-refractivity contribution in [3.8, 4) is 11.1 Å². The molecule has 120 valence electrons. The number of aromatic amines is 1. The first-order valence-electron chi connectivity index (χ1n) is 7.54. The highest BCUT2D eigenvalue weighted by Crippen LogP contribution is 2.25. The van der Waals surface area contributed by atoms with Crippen molar-refractivity contribution in [3.63, 3.8) is 0 Å². The van der Waals surface area contributed by atoms with Crippen LogP contribution in [0, 0.1) is 13.8 Å². The second-order valence-corrected chi connectivity index (χ2v) is 5.64. The van der Waals surface area contributed by atoms with Crippen LogP contribution in [0.1, 0.15) is 32.9 Å². The van der Waals surface area contributed by atoms with E-state index < -0.39 is 5.97 Å². The number of carboxylic acid groups (broad SMARTS) is 1. The maximum atomic E-state index is 11.0. The molecule has 0 saturated heterocycles. The van der Waals surface area contributed by atoms with E-state index >= 15 is 0 Å². The summed E-state index contributed by atoms with van der Waals surface area (Å²) < 4.78 is 0. The summed E-state index contributed by atoms with van der Waals surface area (Å²) in [5.74, 6) is -1.10. The summed E-state index contributed by atoms with van der Waals surface area (Å²) in [6, 6.07) is 14.5. The molecule has 5 heteroatoms. The second-order valence-electron chi connectivity index (χ2n) is 5.64. The molecule has 5 nitrogen and oxygen atoms in total. The van der Waals surface area contributed by atoms with E-state index in [1.54, 1.807) is 6.08 Å². The van der Waals surface area contributed by atoms with Gasteiger partial charge in [0.15, 0.2) is 5.69 Å². The van der Waals surface area contributed by atoms with E-state index in [0.717, 1.165) is 11.1 Å². The van der Waals surface area contributed by atoms with Crippen LogP contribution < -0.4 is 0 Å². The van der Waals surface area contributed by atoms with Gasteiger partial charge < -0.3 is 5.11 Å². The van der Waals surface area contributed by atoms with Crippen molar-refractivity contribution in [2.75, 3.05) is 0 Å². The molecule has 2 N–H and O–H groups in total. The zero-order valence-electron chi connectivity index (χ0n) is 13.4. The Bertz CT molecular complexity index is 909. The summed E-state index contributed by atoms with van der Waals surface area (Å²) in [7, 11) is 0. The fraction of sp³-hybridized carbons (Fsp3) is 0.105. The van der Waals surface area contributed by atoms with Crippen LogP contribution >= 0.6 is 0 Å². The van der Waals surface area contributed by atoms with E-state index in [-0.39, 0.29) is 5.69 Å². The maximum absolute atomic E-state index is 11.0. The van der Waals surface area contributed by atoms with Gasteiger partial charge in [-0.2, -0.15) is 10.3 Å². The number of hydrogen-bond donors (Lipinski definition) is 2. The van der Waals surface area contributed by atoms with Gasteiger partial charge in [-0.05, 0) is 42.2 Å². The average Bonchev–Trinajstić information content (AvgIpc) is 3.02. The van der Waals surface area contributed by atoms with Crippen LogP contribution in [0.5, 0.6) is 0 Å². The number of benzene rings is 2. The fourth-order valence-corrected chi connectivity index (χ4v) is 2.60. The average molecular weight is 319 g/mol. The number of aromatic carboxylic acids is 1. The molecule has 0 spiro atoms. The lowest BCUT2D eigenvalue weighted by molar-refractivity contribution is 0.0690. The van der Waals surface area contributed by atoms with Crippen molar-refractivity contribution < 1.29 is 9.90 Å². The largest absolute Gasteiger partial charge is 0.476 e. The lowest BCUT2D eigenvalue weighted by Gasteiger charge is -2.07. The van der Waals surface area contributed by atoms with Gasteiger partial charge in [-0.1, -0.05) is 54.1 Å². The molecule has 0 atom stereocenters. The molecule has 3 rings (SSSR count). The van der Waals surface area contributed by atoms with Crippen molar-refractivity contribution in [2.45, 2.75) is 13.8 Å². The minimum absolute atomic E-state index is 0.0850. The summed E-state index contributed by atoms with van der Waals surface area (Å²) in [6.45, 7) is 4.19. The molecule has 0 amide bonds. The zero-order chi connectivity index (χ0) is 17.1. The fourth-order valence-electron chi connectivity index (χ4n) is 2.60. The third-order valence-corrected chi connectivity index (χ3v) is 3.81. The number of H-pyrrole nitrogens is 1. The Morgan fingerprint density at radius 3 is 2.46 bits per heavy atom. The number of carbonyl (C=O) groups is 1. The normalized spacial score (nSPS) is 11.1. The molecule has 0 aliphatic carbocycles. The Hall–Kier alpha value is -3.21. The Labute approximate surface area is 139 Å². The summed E-state index contributed by atoms with van der Waals surface area (Å²) in [6.07, 6.45) is 3.45. The van der Waals surface area contributed by atoms with Gasteiger partial charge in [0.05, 0.1) is 0 Å². The number of aromatic nitrogens is 3. The minimum Gasteiger partial charge on any atom is -0.476 e. The van der Waals surface area contributed by atoms with E-state index in [2.05, 4.69) is 59.6 Å². The summed E-state index contributed by atoms with van der Waals surface area (Å²) in [5, 5.41) is 18.8. The third kappa shape index (κ3) is 3.25. The van der Waals surface area contributed by atoms with Gasteiger partial charge in [-0.25, -0.2) is 4.79 Å². The third-order valence-electron chi connectivity index (χ3n) is 3.81. The van der Waals surface area contributed by atoms with Crippen LogP contribution in [0.2, 0.25) is 0 Å². The van der Waals surface area contributed by atoms with Crippen LogP contribution in [0.15, 0.2) is 42.5 Å². The molecular weight excluding hydrogens is 302 g/mol. The Morgan fingerprint density at radius 1 is 1.04 bits per heavy atom. The number of carboxylic acids is 1. The standard InChI is InChI=1S/C19H17N3O2/c1-12-3-9-16(13(2)11-12)15-7-4-14(5-8-15)6-10-17-18(19(23)24)21-22-20-17/h3-11H,1-2H3,(H,23,24)(H,20,21,22). The second kappa shape index (κ2) is 6.50. The van der Waals surface area contributed by atoms with Crippen LogP contribution in [-0.4, -0.2) is 26.5 Å². The molecular formula is C19H17N3O2. The predicted octanol–water partition coefficient (Wildman–Crippen LogP) is 3.96. The van der Waals surface area contributed by atoms with Gasteiger partial charge in [0.25, 0.3) is 0 Å². The molecule has 2 aromatic carbocycles. The van der Waals surface area contributed by atoms with Crippen molar-refractivity contribution >= 4 is 18.1 Å². The predicted molar refractivity (Wildman–Crippen MR) is 93.6 cm³/mol. The summed E-state index contributed by atoms with van der Waals surface area (Å²) in [5.41, 5.74) is 6.03. The van der Waals surface area contributed by atoms with E-state index in [1.807, 2.05) is 18.2 Å². The van der Waals surface area contributed by atoms with Crippen molar-refractivity contribution in [1.29, 1.82) is 0 Å². The van der Waals surface area contributed by atoms with Gasteiger partial charge in [-0.3, -0.25) is 0 Å². The molecule has 0 bridgehead atoms. The lowest BCUT2D eigenvalue weighted by Crippen LogP contribution is -1.98. The highest BCUT2D eigenvalue weighted by Gasteiger charge is 2.12. The molecule has 0 unspecified atom stereocenters. The molecule has 0 radical (unpaired) electrons. The Kier molecular flexibility index (Phi) is 4.24. The molecule has 1 aromatic heterocycles. The van der Waals surface area contributed by atoms with Gasteiger partial charge in [0.1, 0.15) is 5.69 Å². The van der Waals surface area contributed by atoms with E-state index in [4.69, 9.17) is 5.11 Å². The number of nitrogens with one attached hydrogen (secondary N) is 1.